The molecule has 20 heavy (non-hydrogen) atoms. The van der Waals surface area contributed by atoms with Crippen LogP contribution in [0.15, 0.2) is 63.5 Å². The van der Waals surface area contributed by atoms with Gasteiger partial charge in [-0.15, -0.1) is 27.8 Å². The summed E-state index contributed by atoms with van der Waals surface area (Å²) >= 11 is 3.21. The highest BCUT2D eigenvalue weighted by Crippen LogP contribution is 2.29. The van der Waals surface area contributed by atoms with Gasteiger partial charge in [-0.2, -0.15) is 5.11 Å². The first kappa shape index (κ1) is 13.1. The summed E-state index contributed by atoms with van der Waals surface area (Å²) in [7, 11) is 0. The molecule has 1 aromatic carbocycles. The van der Waals surface area contributed by atoms with Crippen LogP contribution in [0.5, 0.6) is 0 Å². The molecule has 2 aromatic heterocycles. The van der Waals surface area contributed by atoms with Crippen LogP contribution in [-0.2, 0) is 0 Å². The normalized spacial score (nSPS) is 12.8. The Morgan fingerprint density at radius 1 is 1.05 bits per heavy atom. The summed E-state index contributed by atoms with van der Waals surface area (Å²) < 4.78 is 0. The first-order chi connectivity index (χ1) is 9.83. The molecule has 0 fully saturated rings. The molecule has 0 saturated heterocycles. The van der Waals surface area contributed by atoms with E-state index in [1.807, 2.05) is 48.7 Å². The molecular formula is C15H13N3S2. The minimum absolute atomic E-state index is 0.0825. The maximum atomic E-state index is 4.50. The molecule has 1 unspecified atom stereocenters. The molecule has 3 rings (SSSR count). The molecule has 0 amide bonds. The lowest BCUT2D eigenvalue weighted by atomic mass is 10.2. The molecule has 5 heteroatoms. The fraction of sp³-hybridized carbons (Fsp3) is 0.133. The van der Waals surface area contributed by atoms with Gasteiger partial charge in [-0.05, 0) is 18.4 Å². The highest BCUT2D eigenvalue weighted by atomic mass is 32.1. The van der Waals surface area contributed by atoms with E-state index >= 15 is 0 Å². The van der Waals surface area contributed by atoms with Crippen LogP contribution in [0.4, 0.5) is 5.13 Å². The predicted molar refractivity (Wildman–Crippen MR) is 84.8 cm³/mol. The molecule has 0 N–H and O–H groups in total. The zero-order chi connectivity index (χ0) is 13.8. The van der Waals surface area contributed by atoms with Crippen molar-refractivity contribution in [1.82, 2.24) is 4.98 Å². The lowest BCUT2D eigenvalue weighted by Gasteiger charge is -1.98. The molecule has 0 aliphatic carbocycles. The van der Waals surface area contributed by atoms with Gasteiger partial charge in [0.25, 0.3) is 0 Å². The van der Waals surface area contributed by atoms with Crippen LogP contribution >= 0.6 is 22.7 Å². The number of hydrogen-bond donors (Lipinski definition) is 0. The van der Waals surface area contributed by atoms with Crippen LogP contribution < -0.4 is 0 Å². The largest absolute Gasteiger partial charge is 0.230 e. The van der Waals surface area contributed by atoms with Crippen molar-refractivity contribution in [3.63, 3.8) is 0 Å². The molecule has 3 nitrogen and oxygen atoms in total. The van der Waals surface area contributed by atoms with Crippen LogP contribution in [0.3, 0.4) is 0 Å². The second kappa shape index (κ2) is 6.07. The summed E-state index contributed by atoms with van der Waals surface area (Å²) in [6.45, 7) is 2.04. The number of azo groups is 1. The minimum Gasteiger partial charge on any atom is -0.217 e. The van der Waals surface area contributed by atoms with Gasteiger partial charge in [0.1, 0.15) is 6.04 Å². The number of hydrogen-bond acceptors (Lipinski definition) is 5. The predicted octanol–water partition coefficient (Wildman–Crippen LogP) is 5.72. The summed E-state index contributed by atoms with van der Waals surface area (Å²) in [4.78, 5) is 5.71. The lowest BCUT2D eigenvalue weighted by molar-refractivity contribution is 0.778. The Morgan fingerprint density at radius 2 is 1.90 bits per heavy atom. The molecule has 0 aliphatic heterocycles. The molecule has 0 radical (unpaired) electrons. The Kier molecular flexibility index (Phi) is 3.99. The van der Waals surface area contributed by atoms with E-state index in [1.54, 1.807) is 11.3 Å². The van der Waals surface area contributed by atoms with Crippen molar-refractivity contribution in [3.05, 3.63) is 58.1 Å². The second-order valence-corrected chi connectivity index (χ2v) is 6.10. The standard InChI is InChI=1S/C15H13N3S2/c1-11(14-8-5-9-19-14)17-18-15-16-13(10-20-15)12-6-3-2-4-7-12/h2-11H,1H3. The van der Waals surface area contributed by atoms with E-state index in [9.17, 15) is 0 Å². The zero-order valence-corrected chi connectivity index (χ0v) is 12.6. The van der Waals surface area contributed by atoms with Crippen molar-refractivity contribution < 1.29 is 0 Å². The zero-order valence-electron chi connectivity index (χ0n) is 10.9. The third kappa shape index (κ3) is 3.00. The van der Waals surface area contributed by atoms with Crippen LogP contribution in [-0.4, -0.2) is 4.98 Å². The molecule has 100 valence electrons. The summed E-state index contributed by atoms with van der Waals surface area (Å²) in [6, 6.07) is 14.3. The van der Waals surface area contributed by atoms with E-state index in [4.69, 9.17) is 0 Å². The van der Waals surface area contributed by atoms with Gasteiger partial charge < -0.3 is 0 Å². The van der Waals surface area contributed by atoms with E-state index in [0.717, 1.165) is 11.3 Å². The van der Waals surface area contributed by atoms with Crippen molar-refractivity contribution in [1.29, 1.82) is 0 Å². The van der Waals surface area contributed by atoms with E-state index in [0.29, 0.717) is 5.13 Å². The SMILES string of the molecule is CC(N=Nc1nc(-c2ccccc2)cs1)c1cccs1. The highest BCUT2D eigenvalue weighted by molar-refractivity contribution is 7.13. The maximum absolute atomic E-state index is 4.50. The van der Waals surface area contributed by atoms with Crippen LogP contribution in [0.2, 0.25) is 0 Å². The molecular weight excluding hydrogens is 286 g/mol. The van der Waals surface area contributed by atoms with E-state index in [1.165, 1.54) is 16.2 Å². The molecule has 0 bridgehead atoms. The first-order valence-electron chi connectivity index (χ1n) is 6.28. The number of aromatic nitrogens is 1. The number of benzene rings is 1. The minimum atomic E-state index is 0.0825. The van der Waals surface area contributed by atoms with Gasteiger partial charge in [0.15, 0.2) is 0 Å². The molecule has 1 atom stereocenters. The second-order valence-electron chi connectivity index (χ2n) is 4.29. The smallest absolute Gasteiger partial charge is 0.217 e. The number of thiophene rings is 1. The Balaban J connectivity index is 1.75. The third-order valence-corrected chi connectivity index (χ3v) is 4.60. The summed E-state index contributed by atoms with van der Waals surface area (Å²) in [6.07, 6.45) is 0. The average Bonchev–Trinajstić information content (AvgIpc) is 3.17. The molecule has 3 aromatic rings. The van der Waals surface area contributed by atoms with E-state index < -0.39 is 0 Å². The summed E-state index contributed by atoms with van der Waals surface area (Å²) in [5.41, 5.74) is 2.06. The van der Waals surface area contributed by atoms with Gasteiger partial charge in [-0.25, -0.2) is 4.98 Å². The summed E-state index contributed by atoms with van der Waals surface area (Å²) in [5.74, 6) is 0. The number of rotatable bonds is 4. The quantitative estimate of drug-likeness (QED) is 0.568. The monoisotopic (exact) mass is 299 g/mol. The molecule has 0 spiro atoms. The van der Waals surface area contributed by atoms with Crippen molar-refractivity contribution in [2.24, 2.45) is 10.2 Å². The van der Waals surface area contributed by atoms with Crippen LogP contribution in [0.1, 0.15) is 17.8 Å². The molecule has 2 heterocycles. The Labute approximate surface area is 125 Å². The highest BCUT2D eigenvalue weighted by Gasteiger charge is 2.06. The number of thiazole rings is 1. The molecule has 0 aliphatic rings. The van der Waals surface area contributed by atoms with E-state index in [-0.39, 0.29) is 6.04 Å². The van der Waals surface area contributed by atoms with Gasteiger partial charge in [-0.1, -0.05) is 36.4 Å². The van der Waals surface area contributed by atoms with Crippen LogP contribution in [0.25, 0.3) is 11.3 Å². The fourth-order valence-corrected chi connectivity index (χ4v) is 3.14. The Bertz CT molecular complexity index is 687. The fourth-order valence-electron chi connectivity index (χ4n) is 1.77. The van der Waals surface area contributed by atoms with Crippen LogP contribution in [0, 0.1) is 0 Å². The van der Waals surface area contributed by atoms with Crippen molar-refractivity contribution in [2.75, 3.05) is 0 Å². The van der Waals surface area contributed by atoms with Gasteiger partial charge in [0, 0.05) is 15.8 Å². The van der Waals surface area contributed by atoms with Gasteiger partial charge in [-0.3, -0.25) is 0 Å². The average molecular weight is 299 g/mol. The Hall–Kier alpha value is -1.85. The van der Waals surface area contributed by atoms with Crippen molar-refractivity contribution in [3.8, 4) is 11.3 Å². The topological polar surface area (TPSA) is 37.6 Å². The third-order valence-electron chi connectivity index (χ3n) is 2.83. The van der Waals surface area contributed by atoms with E-state index in [2.05, 4.69) is 26.7 Å². The lowest BCUT2D eigenvalue weighted by Crippen LogP contribution is -1.81. The summed E-state index contributed by atoms with van der Waals surface area (Å²) in [5, 5.41) is 13.3. The van der Waals surface area contributed by atoms with Gasteiger partial charge in [0.2, 0.25) is 5.13 Å². The number of nitrogens with zero attached hydrogens (tertiary/aromatic N) is 3. The Morgan fingerprint density at radius 3 is 2.65 bits per heavy atom. The molecule has 0 saturated carbocycles. The maximum Gasteiger partial charge on any atom is 0.230 e. The van der Waals surface area contributed by atoms with Gasteiger partial charge >= 0.3 is 0 Å². The van der Waals surface area contributed by atoms with Crippen molar-refractivity contribution >= 4 is 27.8 Å². The first-order valence-corrected chi connectivity index (χ1v) is 8.04. The van der Waals surface area contributed by atoms with Gasteiger partial charge in [0.05, 0.1) is 5.69 Å². The van der Waals surface area contributed by atoms with Crippen molar-refractivity contribution in [2.45, 2.75) is 13.0 Å².